The van der Waals surface area contributed by atoms with Crippen molar-refractivity contribution in [3.05, 3.63) is 23.8 Å². The zero-order valence-electron chi connectivity index (χ0n) is 9.19. The van der Waals surface area contributed by atoms with Gasteiger partial charge in [-0.05, 0) is 18.2 Å². The number of aliphatic imine (C=N–C) groups is 1. The second-order valence-corrected chi connectivity index (χ2v) is 4.70. The molecule has 1 aliphatic heterocycles. The van der Waals surface area contributed by atoms with E-state index >= 15 is 0 Å². The van der Waals surface area contributed by atoms with Crippen LogP contribution < -0.4 is 0 Å². The second kappa shape index (κ2) is 4.64. The van der Waals surface area contributed by atoms with Crippen molar-refractivity contribution in [2.24, 2.45) is 4.99 Å². The highest BCUT2D eigenvalue weighted by atomic mass is 32.2. The fourth-order valence-electron chi connectivity index (χ4n) is 1.43. The molecule has 0 radical (unpaired) electrons. The minimum Gasteiger partial charge on any atom is -0.468 e. The number of carbonyl (C=O) groups is 1. The van der Waals surface area contributed by atoms with Crippen LogP contribution in [0, 0.1) is 0 Å². The Labute approximate surface area is 105 Å². The first kappa shape index (κ1) is 12.9. The lowest BCUT2D eigenvalue weighted by atomic mass is 10.2. The normalized spacial score (nSPS) is 18.3. The molecule has 1 unspecified atom stereocenters. The molecule has 0 aliphatic carbocycles. The Morgan fingerprint density at radius 2 is 2.17 bits per heavy atom. The van der Waals surface area contributed by atoms with E-state index in [1.807, 2.05) is 0 Å². The van der Waals surface area contributed by atoms with Gasteiger partial charge in [0.25, 0.3) is 0 Å². The summed E-state index contributed by atoms with van der Waals surface area (Å²) in [5.41, 5.74) is -0.331. The van der Waals surface area contributed by atoms with E-state index < -0.39 is 23.0 Å². The molecule has 0 spiro atoms. The summed E-state index contributed by atoms with van der Waals surface area (Å²) >= 11 is 0.996. The van der Waals surface area contributed by atoms with Crippen LogP contribution in [0.15, 0.2) is 28.1 Å². The van der Waals surface area contributed by atoms with E-state index in [0.717, 1.165) is 23.9 Å². The molecule has 0 bridgehead atoms. The van der Waals surface area contributed by atoms with Crippen molar-refractivity contribution < 1.29 is 22.7 Å². The van der Waals surface area contributed by atoms with Crippen molar-refractivity contribution >= 4 is 29.6 Å². The third-order valence-corrected chi connectivity index (χ3v) is 3.47. The maximum Gasteiger partial charge on any atom is 0.416 e. The number of fused-ring (bicyclic) bond motifs is 1. The Kier molecular flexibility index (Phi) is 3.34. The Morgan fingerprint density at radius 1 is 1.44 bits per heavy atom. The van der Waals surface area contributed by atoms with Gasteiger partial charge in [0.1, 0.15) is 5.25 Å². The highest BCUT2D eigenvalue weighted by Gasteiger charge is 2.32. The van der Waals surface area contributed by atoms with Crippen LogP contribution in [0.1, 0.15) is 5.56 Å². The molecule has 1 aromatic rings. The predicted octanol–water partition coefficient (Wildman–Crippen LogP) is 3.06. The molecule has 1 aliphatic rings. The molecule has 1 heterocycles. The minimum absolute atomic E-state index is 0.322. The van der Waals surface area contributed by atoms with Crippen LogP contribution in [0.25, 0.3) is 0 Å². The Hall–Kier alpha value is -1.50. The molecule has 96 valence electrons. The summed E-state index contributed by atoms with van der Waals surface area (Å²) in [7, 11) is 1.22. The van der Waals surface area contributed by atoms with E-state index in [9.17, 15) is 18.0 Å². The van der Waals surface area contributed by atoms with Crippen molar-refractivity contribution in [2.75, 3.05) is 7.11 Å². The summed E-state index contributed by atoms with van der Waals surface area (Å²) in [4.78, 5) is 15.6. The van der Waals surface area contributed by atoms with E-state index in [4.69, 9.17) is 0 Å². The Bertz CT molecular complexity index is 514. The highest BCUT2D eigenvalue weighted by Crippen LogP contribution is 2.40. The third-order valence-electron chi connectivity index (χ3n) is 2.32. The molecule has 1 atom stereocenters. The number of alkyl halides is 3. The molecule has 0 amide bonds. The fraction of sp³-hybridized carbons (Fsp3) is 0.273. The van der Waals surface area contributed by atoms with Crippen LogP contribution in [0.4, 0.5) is 18.9 Å². The zero-order valence-corrected chi connectivity index (χ0v) is 10.0. The average molecular weight is 275 g/mol. The molecular weight excluding hydrogens is 267 g/mol. The molecule has 7 heteroatoms. The van der Waals surface area contributed by atoms with E-state index in [1.165, 1.54) is 19.4 Å². The second-order valence-electron chi connectivity index (χ2n) is 3.52. The van der Waals surface area contributed by atoms with E-state index in [-0.39, 0.29) is 0 Å². The van der Waals surface area contributed by atoms with Gasteiger partial charge < -0.3 is 4.74 Å². The number of hydrogen-bond donors (Lipinski definition) is 0. The van der Waals surface area contributed by atoms with E-state index in [2.05, 4.69) is 9.73 Å². The topological polar surface area (TPSA) is 38.7 Å². The molecule has 3 nitrogen and oxygen atoms in total. The van der Waals surface area contributed by atoms with Gasteiger partial charge in [0.05, 0.1) is 18.4 Å². The maximum absolute atomic E-state index is 12.5. The minimum atomic E-state index is -4.41. The number of rotatable bonds is 1. The van der Waals surface area contributed by atoms with Crippen LogP contribution in [-0.4, -0.2) is 24.5 Å². The molecule has 0 saturated heterocycles. The van der Waals surface area contributed by atoms with Gasteiger partial charge in [0.2, 0.25) is 0 Å². The lowest BCUT2D eigenvalue weighted by molar-refractivity contribution is -0.138. The summed E-state index contributed by atoms with van der Waals surface area (Å²) in [6, 6.07) is 3.25. The number of methoxy groups -OCH3 is 1. The summed E-state index contributed by atoms with van der Waals surface area (Å²) in [6.45, 7) is 0. The number of hydrogen-bond acceptors (Lipinski definition) is 4. The number of nitrogens with zero attached hydrogens (tertiary/aromatic N) is 1. The monoisotopic (exact) mass is 275 g/mol. The van der Waals surface area contributed by atoms with Gasteiger partial charge in [-0.3, -0.25) is 9.79 Å². The lowest BCUT2D eigenvalue weighted by Crippen LogP contribution is -2.21. The van der Waals surface area contributed by atoms with Crippen LogP contribution in [-0.2, 0) is 15.7 Å². The molecule has 0 N–H and O–H groups in total. The number of carbonyl (C=O) groups excluding carboxylic acids is 1. The van der Waals surface area contributed by atoms with E-state index in [1.54, 1.807) is 0 Å². The first-order chi connectivity index (χ1) is 8.41. The highest BCUT2D eigenvalue weighted by molar-refractivity contribution is 8.01. The molecule has 18 heavy (non-hydrogen) atoms. The van der Waals surface area contributed by atoms with Crippen LogP contribution in [0.3, 0.4) is 0 Å². The van der Waals surface area contributed by atoms with Gasteiger partial charge >= 0.3 is 12.1 Å². The largest absolute Gasteiger partial charge is 0.468 e. The first-order valence-corrected chi connectivity index (χ1v) is 5.79. The Morgan fingerprint density at radius 3 is 2.78 bits per heavy atom. The van der Waals surface area contributed by atoms with Crippen LogP contribution >= 0.6 is 11.8 Å². The zero-order chi connectivity index (χ0) is 13.3. The van der Waals surface area contributed by atoms with Crippen molar-refractivity contribution in [1.29, 1.82) is 0 Å². The number of thioether (sulfide) groups is 1. The van der Waals surface area contributed by atoms with Crippen LogP contribution in [0.5, 0.6) is 0 Å². The number of halogens is 3. The quantitative estimate of drug-likeness (QED) is 0.739. The summed E-state index contributed by atoms with van der Waals surface area (Å²) in [6.07, 6.45) is -3.04. The molecule has 1 aromatic carbocycles. The van der Waals surface area contributed by atoms with E-state index in [0.29, 0.717) is 10.6 Å². The van der Waals surface area contributed by atoms with Gasteiger partial charge in [-0.1, -0.05) is 0 Å². The van der Waals surface area contributed by atoms with Crippen molar-refractivity contribution in [2.45, 2.75) is 16.3 Å². The predicted molar refractivity (Wildman–Crippen MR) is 61.3 cm³/mol. The maximum atomic E-state index is 12.5. The third kappa shape index (κ3) is 2.50. The first-order valence-electron chi connectivity index (χ1n) is 4.92. The van der Waals surface area contributed by atoms with Crippen LogP contribution in [0.2, 0.25) is 0 Å². The van der Waals surface area contributed by atoms with Gasteiger partial charge in [-0.2, -0.15) is 13.2 Å². The number of esters is 1. The van der Waals surface area contributed by atoms with Gasteiger partial charge in [-0.15, -0.1) is 11.8 Å². The smallest absolute Gasteiger partial charge is 0.416 e. The molecule has 0 fully saturated rings. The average Bonchev–Trinajstić information content (AvgIpc) is 2.35. The standard InChI is InChI=1S/C11H8F3NO2S/c1-17-10(16)9-5-15-7-3-2-6(11(12,13)14)4-8(7)18-9/h2-5,9H,1H3. The number of ether oxygens (including phenoxy) is 1. The lowest BCUT2D eigenvalue weighted by Gasteiger charge is -2.17. The fourth-order valence-corrected chi connectivity index (χ4v) is 2.46. The van der Waals surface area contributed by atoms with Gasteiger partial charge in [0.15, 0.2) is 0 Å². The molecule has 0 saturated carbocycles. The van der Waals surface area contributed by atoms with Crippen molar-refractivity contribution in [1.82, 2.24) is 0 Å². The molecule has 2 rings (SSSR count). The van der Waals surface area contributed by atoms with Crippen molar-refractivity contribution in [3.8, 4) is 0 Å². The van der Waals surface area contributed by atoms with Gasteiger partial charge in [0, 0.05) is 11.1 Å². The van der Waals surface area contributed by atoms with Gasteiger partial charge in [-0.25, -0.2) is 0 Å². The Balaban J connectivity index is 2.33. The number of benzene rings is 1. The van der Waals surface area contributed by atoms with Crippen molar-refractivity contribution in [3.63, 3.8) is 0 Å². The summed E-state index contributed by atoms with van der Waals surface area (Å²) in [5, 5.41) is -0.703. The summed E-state index contributed by atoms with van der Waals surface area (Å²) < 4.78 is 42.2. The molecular formula is C11H8F3NO2S. The summed E-state index contributed by atoms with van der Waals surface area (Å²) in [5.74, 6) is -0.535. The molecule has 0 aromatic heterocycles. The SMILES string of the molecule is COC(=O)C1C=Nc2ccc(C(F)(F)F)cc2S1.